The van der Waals surface area contributed by atoms with Gasteiger partial charge in [0, 0.05) is 29.3 Å². The first kappa shape index (κ1) is 25.2. The van der Waals surface area contributed by atoms with Gasteiger partial charge in [0.2, 0.25) is 11.7 Å². The van der Waals surface area contributed by atoms with Crippen LogP contribution in [0.15, 0.2) is 79.1 Å². The van der Waals surface area contributed by atoms with Crippen molar-refractivity contribution in [2.75, 3.05) is 10.6 Å². The van der Waals surface area contributed by atoms with E-state index in [2.05, 4.69) is 20.6 Å². The van der Waals surface area contributed by atoms with Gasteiger partial charge in [-0.3, -0.25) is 14.9 Å². The van der Waals surface area contributed by atoms with Gasteiger partial charge in [0.15, 0.2) is 23.5 Å². The van der Waals surface area contributed by atoms with Crippen LogP contribution in [0.3, 0.4) is 0 Å². The molecule has 0 unspecified atom stereocenters. The van der Waals surface area contributed by atoms with Crippen LogP contribution in [0.1, 0.15) is 28.9 Å². The molecule has 3 aromatic heterocycles. The predicted molar refractivity (Wildman–Crippen MR) is 144 cm³/mol. The maximum absolute atomic E-state index is 14.9. The Bertz CT molecular complexity index is 1760. The fourth-order valence-corrected chi connectivity index (χ4v) is 4.26. The molecule has 0 saturated heterocycles. The van der Waals surface area contributed by atoms with Crippen molar-refractivity contribution in [3.8, 4) is 22.8 Å². The van der Waals surface area contributed by atoms with Crippen molar-refractivity contribution in [2.45, 2.75) is 19.8 Å². The highest BCUT2D eigenvalue weighted by Crippen LogP contribution is 2.30. The molecule has 1 saturated carbocycles. The summed E-state index contributed by atoms with van der Waals surface area (Å²) in [6.07, 6.45) is 5.20. The van der Waals surface area contributed by atoms with E-state index in [1.807, 2.05) is 6.92 Å². The van der Waals surface area contributed by atoms with Gasteiger partial charge in [0.1, 0.15) is 17.7 Å². The molecule has 8 nitrogen and oxygen atoms in total. The molecule has 40 heavy (non-hydrogen) atoms. The van der Waals surface area contributed by atoms with Crippen molar-refractivity contribution in [3.05, 3.63) is 102 Å². The van der Waals surface area contributed by atoms with Gasteiger partial charge < -0.3 is 10.1 Å². The second kappa shape index (κ2) is 10.2. The zero-order valence-corrected chi connectivity index (χ0v) is 21.4. The number of amides is 2. The van der Waals surface area contributed by atoms with E-state index in [-0.39, 0.29) is 34.8 Å². The Morgan fingerprint density at radius 2 is 1.77 bits per heavy atom. The van der Waals surface area contributed by atoms with E-state index in [0.717, 1.165) is 30.1 Å². The third-order valence-electron chi connectivity index (χ3n) is 6.55. The van der Waals surface area contributed by atoms with E-state index < -0.39 is 11.7 Å². The maximum atomic E-state index is 14.9. The Morgan fingerprint density at radius 1 is 0.975 bits per heavy atom. The van der Waals surface area contributed by atoms with Gasteiger partial charge in [0.25, 0.3) is 11.6 Å². The third kappa shape index (κ3) is 5.37. The van der Waals surface area contributed by atoms with Gasteiger partial charge in [-0.05, 0) is 73.9 Å². The molecular weight excluding hydrogens is 516 g/mol. The third-order valence-corrected chi connectivity index (χ3v) is 6.55. The number of aromatic nitrogens is 3. The molecule has 0 radical (unpaired) electrons. The van der Waals surface area contributed by atoms with Crippen LogP contribution in [0.25, 0.3) is 16.9 Å². The van der Waals surface area contributed by atoms with Crippen molar-refractivity contribution in [3.63, 3.8) is 0 Å². The highest BCUT2D eigenvalue weighted by Gasteiger charge is 2.30. The zero-order valence-electron chi connectivity index (χ0n) is 21.4. The van der Waals surface area contributed by atoms with Crippen LogP contribution in [0, 0.1) is 24.5 Å². The Labute approximate surface area is 227 Å². The summed E-state index contributed by atoms with van der Waals surface area (Å²) in [6, 6.07) is 16.7. The van der Waals surface area contributed by atoms with E-state index in [1.54, 1.807) is 53.2 Å². The topological polar surface area (TPSA) is 100 Å². The first-order chi connectivity index (χ1) is 19.3. The number of hydrogen-bond acceptors (Lipinski definition) is 4. The van der Waals surface area contributed by atoms with Crippen molar-refractivity contribution < 1.29 is 27.5 Å². The number of ether oxygens (including phenoxy) is 1. The summed E-state index contributed by atoms with van der Waals surface area (Å²) in [5.41, 5.74) is 3.14. The minimum Gasteiger partial charge on any atom is -0.450 e. The van der Waals surface area contributed by atoms with Crippen molar-refractivity contribution in [1.29, 1.82) is 0 Å². The fraction of sp³-hybridized carbons (Fsp3) is 0.133. The number of benzene rings is 2. The largest absolute Gasteiger partial charge is 0.450 e. The minimum absolute atomic E-state index is 0.00985. The number of halogens is 2. The smallest absolute Gasteiger partial charge is 0.285 e. The van der Waals surface area contributed by atoms with Gasteiger partial charge in [-0.1, -0.05) is 6.07 Å². The van der Waals surface area contributed by atoms with Crippen LogP contribution < -0.4 is 19.8 Å². The van der Waals surface area contributed by atoms with Crippen LogP contribution in [-0.2, 0) is 4.79 Å². The van der Waals surface area contributed by atoms with Gasteiger partial charge in [-0.25, -0.2) is 18.7 Å². The molecule has 3 N–H and O–H groups in total. The number of hydrogen-bond donors (Lipinski definition) is 3. The number of aromatic amines is 1. The number of aryl methyl sites for hydroxylation is 1. The number of anilines is 2. The lowest BCUT2D eigenvalue weighted by atomic mass is 10.1. The van der Waals surface area contributed by atoms with Crippen LogP contribution in [0.2, 0.25) is 0 Å². The van der Waals surface area contributed by atoms with Crippen LogP contribution in [0.5, 0.6) is 11.5 Å². The summed E-state index contributed by atoms with van der Waals surface area (Å²) in [5.74, 6) is -0.562. The molecule has 2 amide bonds. The number of imidazole rings is 1. The molecule has 1 aliphatic carbocycles. The second-order valence-corrected chi connectivity index (χ2v) is 9.66. The lowest BCUT2D eigenvalue weighted by molar-refractivity contribution is -0.510. The normalized spacial score (nSPS) is 12.8. The molecule has 1 aliphatic rings. The maximum Gasteiger partial charge on any atom is 0.285 e. The van der Waals surface area contributed by atoms with Gasteiger partial charge >= 0.3 is 0 Å². The summed E-state index contributed by atoms with van der Waals surface area (Å²) in [5, 5.41) is 5.50. The number of pyridine rings is 2. The minimum atomic E-state index is -0.668. The Morgan fingerprint density at radius 3 is 2.52 bits per heavy atom. The molecule has 0 spiro atoms. The summed E-state index contributed by atoms with van der Waals surface area (Å²) in [6.45, 7) is 1.85. The fourth-order valence-electron chi connectivity index (χ4n) is 4.26. The number of carbonyl (C=O) groups is 2. The molecular formula is C30H24F2N5O3+. The average Bonchev–Trinajstić information content (AvgIpc) is 3.71. The second-order valence-electron chi connectivity index (χ2n) is 9.66. The standard InChI is InChI=1S/C30H23F2N5O3/c1-17-2-11-24(34-28(17)18-5-7-20(31)8-6-18)30(39)33-21-9-12-25(23(32)14-21)40-22-10-13-27-35-26(16-37(27)15-22)36-29(38)19-3-4-19/h2,5-16,19H,3-4H2,1H3,(H2,33,36,38,39)/p+1. The van der Waals surface area contributed by atoms with Crippen molar-refractivity contribution >= 4 is 29.0 Å². The summed E-state index contributed by atoms with van der Waals surface area (Å²) in [4.78, 5) is 32.4. The quantitative estimate of drug-likeness (QED) is 0.227. The molecule has 200 valence electrons. The van der Waals surface area contributed by atoms with Crippen LogP contribution >= 0.6 is 0 Å². The number of fused-ring (bicyclic) bond motifs is 1. The number of nitrogens with one attached hydrogen (secondary N) is 3. The molecule has 0 bridgehead atoms. The average molecular weight is 541 g/mol. The lowest BCUT2D eigenvalue weighted by Gasteiger charge is -2.10. The van der Waals surface area contributed by atoms with Gasteiger partial charge in [0.05, 0.1) is 5.69 Å². The predicted octanol–water partition coefficient (Wildman–Crippen LogP) is 5.80. The van der Waals surface area contributed by atoms with Crippen LogP contribution in [0.4, 0.5) is 20.3 Å². The summed E-state index contributed by atoms with van der Waals surface area (Å²) in [7, 11) is 0. The summed E-state index contributed by atoms with van der Waals surface area (Å²) < 4.78 is 35.7. The Balaban J connectivity index is 1.15. The summed E-state index contributed by atoms with van der Waals surface area (Å²) >= 11 is 0. The highest BCUT2D eigenvalue weighted by atomic mass is 19.1. The van der Waals surface area contributed by atoms with E-state index in [4.69, 9.17) is 4.74 Å². The number of carbonyl (C=O) groups excluding carboxylic acids is 2. The molecule has 0 atom stereocenters. The van der Waals surface area contributed by atoms with E-state index >= 15 is 0 Å². The number of nitrogens with zero attached hydrogens (tertiary/aromatic N) is 2. The molecule has 2 aromatic carbocycles. The van der Waals surface area contributed by atoms with E-state index in [0.29, 0.717) is 22.8 Å². The monoisotopic (exact) mass is 540 g/mol. The Hall–Kier alpha value is -5.12. The van der Waals surface area contributed by atoms with Gasteiger partial charge in [-0.2, -0.15) is 4.40 Å². The molecule has 3 heterocycles. The van der Waals surface area contributed by atoms with Crippen LogP contribution in [-0.4, -0.2) is 21.8 Å². The molecule has 1 fully saturated rings. The van der Waals surface area contributed by atoms with Crippen molar-refractivity contribution in [2.24, 2.45) is 5.92 Å². The highest BCUT2D eigenvalue weighted by molar-refractivity contribution is 6.03. The van der Waals surface area contributed by atoms with Crippen molar-refractivity contribution in [1.82, 2.24) is 9.97 Å². The number of rotatable bonds is 7. The first-order valence-corrected chi connectivity index (χ1v) is 12.7. The molecule has 10 heteroatoms. The molecule has 0 aliphatic heterocycles. The van der Waals surface area contributed by atoms with Gasteiger partial charge in [-0.15, -0.1) is 0 Å². The van der Waals surface area contributed by atoms with E-state index in [9.17, 15) is 18.4 Å². The molecule has 6 rings (SSSR count). The first-order valence-electron chi connectivity index (χ1n) is 12.7. The Kier molecular flexibility index (Phi) is 6.43. The SMILES string of the molecule is Cc1ccc(C(=O)Nc2ccc(Oc3ccc4[nH]c(NC(=O)C5CC5)c[n+]4c3)c(F)c2)nc1-c1ccc(F)cc1. The van der Waals surface area contributed by atoms with E-state index in [1.165, 1.54) is 24.3 Å². The zero-order chi connectivity index (χ0) is 27.8. The lowest BCUT2D eigenvalue weighted by Crippen LogP contribution is -2.18. The number of H-pyrrole nitrogens is 1. The molecule has 5 aromatic rings.